The fourth-order valence-corrected chi connectivity index (χ4v) is 4.21. The van der Waals surface area contributed by atoms with Gasteiger partial charge in [0.2, 0.25) is 5.82 Å². The van der Waals surface area contributed by atoms with Crippen molar-refractivity contribution in [3.63, 3.8) is 0 Å². The van der Waals surface area contributed by atoms with Gasteiger partial charge in [0.25, 0.3) is 5.89 Å². The zero-order valence-corrected chi connectivity index (χ0v) is 17.9. The maximum Gasteiger partial charge on any atom is 0.417 e. The molecule has 166 valence electrons. The molecule has 1 aliphatic rings. The van der Waals surface area contributed by atoms with E-state index in [9.17, 15) is 13.2 Å². The van der Waals surface area contributed by atoms with Gasteiger partial charge in [0.05, 0.1) is 5.56 Å². The Hall–Kier alpha value is -2.68. The molecule has 0 aliphatic heterocycles. The van der Waals surface area contributed by atoms with Crippen LogP contribution in [0.25, 0.3) is 23.0 Å². The number of halogens is 3. The van der Waals surface area contributed by atoms with Gasteiger partial charge in [-0.2, -0.15) is 23.3 Å². The van der Waals surface area contributed by atoms with Crippen molar-refractivity contribution >= 4 is 0 Å². The fourth-order valence-electron chi connectivity index (χ4n) is 4.21. The molecule has 0 spiro atoms. The lowest BCUT2D eigenvalue weighted by molar-refractivity contribution is -0.137. The highest BCUT2D eigenvalue weighted by Crippen LogP contribution is 2.40. The maximum absolute atomic E-state index is 13.7. The summed E-state index contributed by atoms with van der Waals surface area (Å²) in [5, 5.41) is 8.51. The van der Waals surface area contributed by atoms with Crippen LogP contribution in [-0.4, -0.2) is 26.5 Å². The van der Waals surface area contributed by atoms with Crippen molar-refractivity contribution in [2.24, 2.45) is 11.1 Å². The van der Waals surface area contributed by atoms with Crippen LogP contribution in [0, 0.1) is 5.41 Å². The van der Waals surface area contributed by atoms with E-state index < -0.39 is 11.7 Å². The van der Waals surface area contributed by atoms with Crippen molar-refractivity contribution in [2.75, 3.05) is 6.54 Å². The van der Waals surface area contributed by atoms with E-state index in [0.717, 1.165) is 36.6 Å². The molecular weight excluding hydrogens is 407 g/mol. The Morgan fingerprint density at radius 1 is 1.26 bits per heavy atom. The second kappa shape index (κ2) is 7.78. The molecule has 0 saturated carbocycles. The van der Waals surface area contributed by atoms with Gasteiger partial charge in [0, 0.05) is 23.4 Å². The van der Waals surface area contributed by atoms with Crippen LogP contribution in [0.5, 0.6) is 0 Å². The number of nitrogens with two attached hydrogens (primary N) is 1. The number of rotatable bonds is 5. The van der Waals surface area contributed by atoms with Gasteiger partial charge >= 0.3 is 6.18 Å². The number of alkyl halides is 3. The molecule has 2 heterocycles. The standard InChI is InChI=1S/C22H26F3N5O/c1-4-30-17-12-21(2,3)9-7-15(17)18(28-30)20-27-19(29-31-20)14-6-5-13(8-10-26)11-16(14)22(23,24)25/h5-6,11H,4,7-10,12,26H2,1-3H3. The maximum atomic E-state index is 13.7. The molecule has 1 aliphatic carbocycles. The largest absolute Gasteiger partial charge is 0.417 e. The van der Waals surface area contributed by atoms with Gasteiger partial charge in [-0.05, 0) is 56.2 Å². The van der Waals surface area contributed by atoms with Crippen LogP contribution < -0.4 is 5.73 Å². The van der Waals surface area contributed by atoms with Crippen LogP contribution in [0.1, 0.15) is 49.6 Å². The molecule has 4 rings (SSSR count). The van der Waals surface area contributed by atoms with E-state index in [-0.39, 0.29) is 29.2 Å². The summed E-state index contributed by atoms with van der Waals surface area (Å²) in [5.74, 6) is 0.0508. The highest BCUT2D eigenvalue weighted by Gasteiger charge is 2.36. The monoisotopic (exact) mass is 433 g/mol. The number of aryl methyl sites for hydroxylation is 1. The van der Waals surface area contributed by atoms with E-state index in [4.69, 9.17) is 10.3 Å². The molecule has 3 aromatic rings. The number of nitrogens with zero attached hydrogens (tertiary/aromatic N) is 4. The van der Waals surface area contributed by atoms with E-state index in [1.54, 1.807) is 6.07 Å². The Morgan fingerprint density at radius 2 is 2.03 bits per heavy atom. The number of fused-ring (bicyclic) bond motifs is 1. The third-order valence-electron chi connectivity index (χ3n) is 5.86. The lowest BCUT2D eigenvalue weighted by Gasteiger charge is -2.30. The van der Waals surface area contributed by atoms with E-state index >= 15 is 0 Å². The van der Waals surface area contributed by atoms with Crippen LogP contribution in [0.3, 0.4) is 0 Å². The molecule has 2 N–H and O–H groups in total. The Morgan fingerprint density at radius 3 is 2.71 bits per heavy atom. The van der Waals surface area contributed by atoms with Gasteiger partial charge in [-0.15, -0.1) is 0 Å². The molecule has 0 bridgehead atoms. The summed E-state index contributed by atoms with van der Waals surface area (Å²) >= 11 is 0. The van der Waals surface area contributed by atoms with Gasteiger partial charge in [0.15, 0.2) is 5.69 Å². The molecule has 0 fully saturated rings. The zero-order chi connectivity index (χ0) is 22.4. The van der Waals surface area contributed by atoms with Crippen LogP contribution in [0.4, 0.5) is 13.2 Å². The molecule has 0 saturated heterocycles. The van der Waals surface area contributed by atoms with Crippen LogP contribution in [0.2, 0.25) is 0 Å². The molecule has 31 heavy (non-hydrogen) atoms. The number of hydrogen-bond donors (Lipinski definition) is 1. The second-order valence-electron chi connectivity index (χ2n) is 8.77. The first-order chi connectivity index (χ1) is 14.6. The molecule has 0 radical (unpaired) electrons. The molecule has 0 unspecified atom stereocenters. The molecule has 2 aromatic heterocycles. The van der Waals surface area contributed by atoms with Crippen molar-refractivity contribution in [1.29, 1.82) is 0 Å². The minimum Gasteiger partial charge on any atom is -0.332 e. The van der Waals surface area contributed by atoms with Crippen molar-refractivity contribution in [3.05, 3.63) is 40.6 Å². The van der Waals surface area contributed by atoms with Crippen molar-refractivity contribution in [2.45, 2.75) is 59.2 Å². The quantitative estimate of drug-likeness (QED) is 0.633. The second-order valence-corrected chi connectivity index (χ2v) is 8.77. The molecule has 0 amide bonds. The van der Waals surface area contributed by atoms with Gasteiger partial charge in [0.1, 0.15) is 0 Å². The van der Waals surface area contributed by atoms with Crippen LogP contribution in [0.15, 0.2) is 22.7 Å². The minimum absolute atomic E-state index is 0.0995. The lowest BCUT2D eigenvalue weighted by atomic mass is 9.76. The van der Waals surface area contributed by atoms with E-state index in [1.165, 1.54) is 6.07 Å². The summed E-state index contributed by atoms with van der Waals surface area (Å²) in [7, 11) is 0. The van der Waals surface area contributed by atoms with Crippen molar-refractivity contribution in [1.82, 2.24) is 19.9 Å². The zero-order valence-electron chi connectivity index (χ0n) is 17.9. The predicted octanol–water partition coefficient (Wildman–Crippen LogP) is 4.65. The van der Waals surface area contributed by atoms with Crippen molar-refractivity contribution < 1.29 is 17.7 Å². The van der Waals surface area contributed by atoms with Gasteiger partial charge in [-0.25, -0.2) is 0 Å². The first-order valence-electron chi connectivity index (χ1n) is 10.5. The topological polar surface area (TPSA) is 82.8 Å². The third-order valence-corrected chi connectivity index (χ3v) is 5.86. The summed E-state index contributed by atoms with van der Waals surface area (Å²) in [6, 6.07) is 4.10. The highest BCUT2D eigenvalue weighted by molar-refractivity contribution is 5.65. The summed E-state index contributed by atoms with van der Waals surface area (Å²) in [6.07, 6.45) is -1.50. The molecule has 0 atom stereocenters. The Bertz CT molecular complexity index is 1100. The SMILES string of the molecule is CCn1nc(-c2nc(-c3ccc(CCN)cc3C(F)(F)F)no2)c2c1CC(C)(C)CC2. The summed E-state index contributed by atoms with van der Waals surface area (Å²) in [6.45, 7) is 7.42. The van der Waals surface area contributed by atoms with E-state index in [2.05, 4.69) is 29.1 Å². The Balaban J connectivity index is 1.76. The normalized spacial score (nSPS) is 15.8. The minimum atomic E-state index is -4.55. The Kier molecular flexibility index (Phi) is 5.41. The van der Waals surface area contributed by atoms with E-state index in [1.807, 2.05) is 11.6 Å². The van der Waals surface area contributed by atoms with Gasteiger partial charge in [-0.3, -0.25) is 4.68 Å². The third kappa shape index (κ3) is 4.11. The summed E-state index contributed by atoms with van der Waals surface area (Å²) in [5.41, 5.74) is 8.01. The molecule has 9 heteroatoms. The highest BCUT2D eigenvalue weighted by atomic mass is 19.4. The van der Waals surface area contributed by atoms with E-state index in [0.29, 0.717) is 24.2 Å². The molecule has 1 aromatic carbocycles. The Labute approximate surface area is 178 Å². The summed E-state index contributed by atoms with van der Waals surface area (Å²) < 4.78 is 48.4. The average molecular weight is 433 g/mol. The molecular formula is C22H26F3N5O. The first-order valence-corrected chi connectivity index (χ1v) is 10.5. The summed E-state index contributed by atoms with van der Waals surface area (Å²) in [4.78, 5) is 4.31. The predicted molar refractivity (Wildman–Crippen MR) is 110 cm³/mol. The van der Waals surface area contributed by atoms with Crippen LogP contribution >= 0.6 is 0 Å². The number of aromatic nitrogens is 4. The number of hydrogen-bond acceptors (Lipinski definition) is 5. The fraction of sp³-hybridized carbons (Fsp3) is 0.500. The lowest BCUT2D eigenvalue weighted by Crippen LogP contribution is -2.24. The van der Waals surface area contributed by atoms with Gasteiger partial charge < -0.3 is 10.3 Å². The first kappa shape index (κ1) is 21.5. The smallest absolute Gasteiger partial charge is 0.332 e. The number of benzene rings is 1. The molecule has 6 nitrogen and oxygen atoms in total. The van der Waals surface area contributed by atoms with Gasteiger partial charge in [-0.1, -0.05) is 31.1 Å². The van der Waals surface area contributed by atoms with Crippen LogP contribution in [-0.2, 0) is 32.0 Å². The van der Waals surface area contributed by atoms with Crippen molar-refractivity contribution in [3.8, 4) is 23.0 Å². The average Bonchev–Trinajstić information content (AvgIpc) is 3.31.